The number of pyridine rings is 1. The maximum absolute atomic E-state index is 6.16. The molecule has 114 valence electrons. The zero-order valence-electron chi connectivity index (χ0n) is 12.7. The number of hydrogen-bond acceptors (Lipinski definition) is 3. The number of benzene rings is 2. The minimum absolute atomic E-state index is 0.135. The quantitative estimate of drug-likeness (QED) is 0.686. The van der Waals surface area contributed by atoms with E-state index >= 15 is 0 Å². The molecule has 0 aliphatic carbocycles. The van der Waals surface area contributed by atoms with E-state index in [1.165, 1.54) is 11.1 Å². The van der Waals surface area contributed by atoms with Crippen LogP contribution < -0.4 is 9.47 Å². The van der Waals surface area contributed by atoms with Crippen LogP contribution in [0.1, 0.15) is 23.7 Å². The molecule has 1 aromatic heterocycles. The maximum atomic E-state index is 6.16. The molecule has 0 spiro atoms. The van der Waals surface area contributed by atoms with Crippen LogP contribution in [0.4, 0.5) is 0 Å². The fourth-order valence-corrected chi connectivity index (χ4v) is 2.87. The lowest BCUT2D eigenvalue weighted by atomic mass is 9.97. The molecule has 0 saturated heterocycles. The summed E-state index contributed by atoms with van der Waals surface area (Å²) < 4.78 is 12.0. The van der Waals surface area contributed by atoms with Crippen LogP contribution in [-0.2, 0) is 6.42 Å². The van der Waals surface area contributed by atoms with Gasteiger partial charge < -0.3 is 9.47 Å². The Morgan fingerprint density at radius 1 is 0.913 bits per heavy atom. The van der Waals surface area contributed by atoms with Gasteiger partial charge in [-0.15, -0.1) is 0 Å². The van der Waals surface area contributed by atoms with Gasteiger partial charge in [0.15, 0.2) is 0 Å². The summed E-state index contributed by atoms with van der Waals surface area (Å²) in [5, 5.41) is 0. The van der Waals surface area contributed by atoms with E-state index in [2.05, 4.69) is 35.3 Å². The van der Waals surface area contributed by atoms with Crippen molar-refractivity contribution < 1.29 is 9.47 Å². The van der Waals surface area contributed by atoms with E-state index in [0.29, 0.717) is 0 Å². The smallest absolute Gasteiger partial charge is 0.130 e. The van der Waals surface area contributed by atoms with Crippen molar-refractivity contribution in [1.29, 1.82) is 0 Å². The Hall–Kier alpha value is -2.81. The van der Waals surface area contributed by atoms with Crippen molar-refractivity contribution in [2.75, 3.05) is 0 Å². The molecule has 3 heteroatoms. The Morgan fingerprint density at radius 3 is 2.57 bits per heavy atom. The highest BCUT2D eigenvalue weighted by Crippen LogP contribution is 2.37. The molecule has 0 N–H and O–H groups in total. The number of aromatic nitrogens is 1. The molecule has 0 amide bonds. The molecule has 2 heterocycles. The van der Waals surface area contributed by atoms with E-state index in [0.717, 1.165) is 30.1 Å². The molecule has 1 aliphatic heterocycles. The van der Waals surface area contributed by atoms with Gasteiger partial charge in [-0.25, -0.2) is 0 Å². The van der Waals surface area contributed by atoms with Crippen molar-refractivity contribution >= 4 is 0 Å². The molecule has 3 nitrogen and oxygen atoms in total. The topological polar surface area (TPSA) is 31.4 Å². The van der Waals surface area contributed by atoms with Crippen LogP contribution in [0.15, 0.2) is 73.1 Å². The number of aryl methyl sites for hydroxylation is 1. The second-order valence-electron chi connectivity index (χ2n) is 5.61. The largest absolute Gasteiger partial charge is 0.485 e. The van der Waals surface area contributed by atoms with Crippen molar-refractivity contribution in [3.05, 3.63) is 84.2 Å². The van der Waals surface area contributed by atoms with E-state index in [4.69, 9.17) is 9.47 Å². The van der Waals surface area contributed by atoms with Gasteiger partial charge in [0.25, 0.3) is 0 Å². The van der Waals surface area contributed by atoms with E-state index in [9.17, 15) is 0 Å². The molecule has 23 heavy (non-hydrogen) atoms. The van der Waals surface area contributed by atoms with Crippen LogP contribution >= 0.6 is 0 Å². The molecule has 3 aromatic rings. The SMILES string of the molecule is c1ccc(C2CCc3cc(Oc4ccncc4)ccc3O2)cc1. The summed E-state index contributed by atoms with van der Waals surface area (Å²) in [5.74, 6) is 2.57. The summed E-state index contributed by atoms with van der Waals surface area (Å²) in [5.41, 5.74) is 2.43. The van der Waals surface area contributed by atoms with Gasteiger partial charge in [-0.3, -0.25) is 4.98 Å². The highest BCUT2D eigenvalue weighted by atomic mass is 16.5. The van der Waals surface area contributed by atoms with Crippen molar-refractivity contribution in [3.8, 4) is 17.2 Å². The molecule has 0 bridgehead atoms. The lowest BCUT2D eigenvalue weighted by Crippen LogP contribution is -2.15. The van der Waals surface area contributed by atoms with Crippen LogP contribution in [0.5, 0.6) is 17.2 Å². The van der Waals surface area contributed by atoms with Gasteiger partial charge >= 0.3 is 0 Å². The molecule has 4 rings (SSSR count). The molecule has 1 aliphatic rings. The zero-order valence-corrected chi connectivity index (χ0v) is 12.7. The van der Waals surface area contributed by atoms with E-state index in [1.54, 1.807) is 12.4 Å². The van der Waals surface area contributed by atoms with Crippen LogP contribution in [-0.4, -0.2) is 4.98 Å². The Balaban J connectivity index is 1.53. The first-order valence-corrected chi connectivity index (χ1v) is 7.81. The highest BCUT2D eigenvalue weighted by Gasteiger charge is 2.21. The van der Waals surface area contributed by atoms with E-state index < -0.39 is 0 Å². The van der Waals surface area contributed by atoms with Crippen LogP contribution in [0.2, 0.25) is 0 Å². The van der Waals surface area contributed by atoms with Gasteiger partial charge in [0, 0.05) is 12.4 Å². The van der Waals surface area contributed by atoms with Crippen molar-refractivity contribution in [2.45, 2.75) is 18.9 Å². The lowest BCUT2D eigenvalue weighted by Gasteiger charge is -2.26. The van der Waals surface area contributed by atoms with Crippen LogP contribution in [0, 0.1) is 0 Å². The predicted octanol–water partition coefficient (Wildman–Crippen LogP) is 4.94. The zero-order chi connectivity index (χ0) is 15.5. The second kappa shape index (κ2) is 6.13. The first-order chi connectivity index (χ1) is 11.4. The second-order valence-corrected chi connectivity index (χ2v) is 5.61. The summed E-state index contributed by atoms with van der Waals surface area (Å²) >= 11 is 0. The summed E-state index contributed by atoms with van der Waals surface area (Å²) in [6.45, 7) is 0. The monoisotopic (exact) mass is 303 g/mol. The molecular formula is C20H17NO2. The first-order valence-electron chi connectivity index (χ1n) is 7.81. The van der Waals surface area contributed by atoms with Gasteiger partial charge in [-0.2, -0.15) is 0 Å². The average molecular weight is 303 g/mol. The van der Waals surface area contributed by atoms with E-state index in [1.807, 2.05) is 30.3 Å². The summed E-state index contributed by atoms with van der Waals surface area (Å²) in [6.07, 6.45) is 5.55. The lowest BCUT2D eigenvalue weighted by molar-refractivity contribution is 0.176. The number of ether oxygens (including phenoxy) is 2. The third-order valence-corrected chi connectivity index (χ3v) is 4.03. The molecule has 0 radical (unpaired) electrons. The highest BCUT2D eigenvalue weighted by molar-refractivity contribution is 5.43. The van der Waals surface area contributed by atoms with Gasteiger partial charge in [0.1, 0.15) is 23.4 Å². The molecule has 0 fully saturated rings. The number of fused-ring (bicyclic) bond motifs is 1. The predicted molar refractivity (Wildman–Crippen MR) is 88.9 cm³/mol. The van der Waals surface area contributed by atoms with Crippen LogP contribution in [0.3, 0.4) is 0 Å². The van der Waals surface area contributed by atoms with Gasteiger partial charge in [-0.05, 0) is 54.3 Å². The molecule has 1 unspecified atom stereocenters. The Bertz CT molecular complexity index is 787. The summed E-state index contributed by atoms with van der Waals surface area (Å²) in [4.78, 5) is 3.99. The average Bonchev–Trinajstić information content (AvgIpc) is 2.63. The summed E-state index contributed by atoms with van der Waals surface area (Å²) in [6, 6.07) is 20.1. The number of hydrogen-bond donors (Lipinski definition) is 0. The van der Waals surface area contributed by atoms with Crippen molar-refractivity contribution in [3.63, 3.8) is 0 Å². The standard InChI is InChI=1S/C20H17NO2/c1-2-4-15(5-3-1)19-8-6-16-14-18(7-9-20(16)23-19)22-17-10-12-21-13-11-17/h1-5,7,9-14,19H,6,8H2. The Morgan fingerprint density at radius 2 is 1.74 bits per heavy atom. The van der Waals surface area contributed by atoms with E-state index in [-0.39, 0.29) is 6.10 Å². The normalized spacial score (nSPS) is 16.3. The van der Waals surface area contributed by atoms with Gasteiger partial charge in [0.05, 0.1) is 0 Å². The van der Waals surface area contributed by atoms with Crippen molar-refractivity contribution in [1.82, 2.24) is 4.98 Å². The van der Waals surface area contributed by atoms with Crippen LogP contribution in [0.25, 0.3) is 0 Å². The Labute approximate surface area is 135 Å². The fourth-order valence-electron chi connectivity index (χ4n) is 2.87. The minimum atomic E-state index is 0.135. The number of nitrogens with zero attached hydrogens (tertiary/aromatic N) is 1. The molecule has 1 atom stereocenters. The number of rotatable bonds is 3. The van der Waals surface area contributed by atoms with Crippen molar-refractivity contribution in [2.24, 2.45) is 0 Å². The molecule has 2 aromatic carbocycles. The first kappa shape index (κ1) is 13.8. The Kier molecular flexibility index (Phi) is 3.68. The molecular weight excluding hydrogens is 286 g/mol. The fraction of sp³-hybridized carbons (Fsp3) is 0.150. The maximum Gasteiger partial charge on any atom is 0.130 e. The third kappa shape index (κ3) is 3.04. The third-order valence-electron chi connectivity index (χ3n) is 4.03. The van der Waals surface area contributed by atoms with Gasteiger partial charge in [0.2, 0.25) is 0 Å². The molecule has 0 saturated carbocycles. The summed E-state index contributed by atoms with van der Waals surface area (Å²) in [7, 11) is 0. The van der Waals surface area contributed by atoms with Gasteiger partial charge in [-0.1, -0.05) is 30.3 Å². The minimum Gasteiger partial charge on any atom is -0.485 e.